The molecule has 3 aromatic heterocycles. The second-order valence-electron chi connectivity index (χ2n) is 6.67. The smallest absolute Gasteiger partial charge is 0.217 e. The highest BCUT2D eigenvalue weighted by atomic mass is 16.5. The summed E-state index contributed by atoms with van der Waals surface area (Å²) in [6.45, 7) is 0.380. The van der Waals surface area contributed by atoms with Crippen LogP contribution < -0.4 is 15.2 Å². The lowest BCUT2D eigenvalue weighted by Crippen LogP contribution is -1.99. The molecule has 0 aliphatic carbocycles. The number of ether oxygens (including phenoxy) is 2. The number of nitrogens with two attached hydrogens (primary N) is 1. The molecule has 0 aliphatic rings. The standard InChI is InChI=1S/C23H22N6O2/c1-25-12-18(11-24)17-5-3-16(4-6-17)14-31-23-10-20(27-15-28-23)21-13-26-22-9-19(30-2)7-8-29(21)22/h3-13,15H,14,24H2,1-2H3. The molecule has 0 aliphatic heterocycles. The molecule has 1 aromatic carbocycles. The maximum Gasteiger partial charge on any atom is 0.217 e. The number of allylic oxidation sites excluding steroid dienone is 1. The molecule has 0 saturated carbocycles. The number of imidazole rings is 1. The SMILES string of the molecule is CN=CC(=CN)c1ccc(COc2cc(-c3cnc4cc(OC)ccn34)ncn2)cc1. The van der Waals surface area contributed by atoms with Crippen molar-refractivity contribution in [1.82, 2.24) is 19.4 Å². The first-order valence-electron chi connectivity index (χ1n) is 9.61. The average Bonchev–Trinajstić information content (AvgIpc) is 3.25. The number of methoxy groups -OCH3 is 1. The fraction of sp³-hybridized carbons (Fsp3) is 0.130. The zero-order valence-corrected chi connectivity index (χ0v) is 17.3. The van der Waals surface area contributed by atoms with Gasteiger partial charge in [-0.2, -0.15) is 0 Å². The Morgan fingerprint density at radius 3 is 2.71 bits per heavy atom. The van der Waals surface area contributed by atoms with Gasteiger partial charge in [-0.25, -0.2) is 15.0 Å². The highest BCUT2D eigenvalue weighted by Crippen LogP contribution is 2.24. The van der Waals surface area contributed by atoms with E-state index in [0.717, 1.165) is 39.5 Å². The molecule has 0 amide bonds. The van der Waals surface area contributed by atoms with Gasteiger partial charge in [0.25, 0.3) is 0 Å². The maximum atomic E-state index is 5.89. The van der Waals surface area contributed by atoms with Gasteiger partial charge in [0.1, 0.15) is 24.3 Å². The Labute approximate surface area is 179 Å². The Morgan fingerprint density at radius 2 is 1.97 bits per heavy atom. The van der Waals surface area contributed by atoms with E-state index in [0.29, 0.717) is 12.5 Å². The lowest BCUT2D eigenvalue weighted by molar-refractivity contribution is 0.293. The molecule has 0 fully saturated rings. The van der Waals surface area contributed by atoms with Crippen LogP contribution in [0.15, 0.2) is 72.4 Å². The number of aromatic nitrogens is 4. The molecule has 0 bridgehead atoms. The molecule has 4 aromatic rings. The van der Waals surface area contributed by atoms with Crippen LogP contribution in [0.2, 0.25) is 0 Å². The third-order valence-corrected chi connectivity index (χ3v) is 4.75. The second kappa shape index (κ2) is 9.08. The molecule has 8 nitrogen and oxygen atoms in total. The normalized spacial score (nSPS) is 11.9. The summed E-state index contributed by atoms with van der Waals surface area (Å²) in [5, 5.41) is 0. The van der Waals surface area contributed by atoms with Crippen LogP contribution in [0.5, 0.6) is 11.6 Å². The summed E-state index contributed by atoms with van der Waals surface area (Å²) in [5.74, 6) is 1.23. The zero-order valence-electron chi connectivity index (χ0n) is 17.3. The molecule has 0 unspecified atom stereocenters. The van der Waals surface area contributed by atoms with Gasteiger partial charge in [0, 0.05) is 43.4 Å². The molecule has 31 heavy (non-hydrogen) atoms. The van der Waals surface area contributed by atoms with Crippen LogP contribution in [0.3, 0.4) is 0 Å². The van der Waals surface area contributed by atoms with Gasteiger partial charge < -0.3 is 15.2 Å². The van der Waals surface area contributed by atoms with E-state index in [1.54, 1.807) is 32.6 Å². The van der Waals surface area contributed by atoms with Gasteiger partial charge in [0.05, 0.1) is 24.7 Å². The van der Waals surface area contributed by atoms with Gasteiger partial charge >= 0.3 is 0 Å². The topological polar surface area (TPSA) is 99.9 Å². The van der Waals surface area contributed by atoms with Crippen LogP contribution in [0, 0.1) is 0 Å². The van der Waals surface area contributed by atoms with E-state index in [9.17, 15) is 0 Å². The second-order valence-corrected chi connectivity index (χ2v) is 6.67. The maximum absolute atomic E-state index is 5.89. The van der Waals surface area contributed by atoms with E-state index in [2.05, 4.69) is 19.9 Å². The van der Waals surface area contributed by atoms with Gasteiger partial charge in [-0.1, -0.05) is 24.3 Å². The predicted molar refractivity (Wildman–Crippen MR) is 120 cm³/mol. The molecule has 0 saturated heterocycles. The Hall–Kier alpha value is -4.20. The van der Waals surface area contributed by atoms with Gasteiger partial charge in [-0.15, -0.1) is 0 Å². The number of pyridine rings is 1. The molecule has 4 rings (SSSR count). The Morgan fingerprint density at radius 1 is 1.13 bits per heavy atom. The third-order valence-electron chi connectivity index (χ3n) is 4.75. The van der Waals surface area contributed by atoms with Crippen molar-refractivity contribution in [2.45, 2.75) is 6.61 Å². The summed E-state index contributed by atoms with van der Waals surface area (Å²) in [5.41, 5.74) is 10.9. The number of nitrogens with zero attached hydrogens (tertiary/aromatic N) is 5. The van der Waals surface area contributed by atoms with Crippen molar-refractivity contribution in [2.75, 3.05) is 14.2 Å². The van der Waals surface area contributed by atoms with E-state index in [-0.39, 0.29) is 0 Å². The van der Waals surface area contributed by atoms with Crippen LogP contribution in [0.25, 0.3) is 22.6 Å². The average molecular weight is 414 g/mol. The van der Waals surface area contributed by atoms with Crippen LogP contribution in [0.4, 0.5) is 0 Å². The first-order chi connectivity index (χ1) is 15.2. The molecule has 0 spiro atoms. The van der Waals surface area contributed by atoms with Gasteiger partial charge in [0.15, 0.2) is 0 Å². The van der Waals surface area contributed by atoms with Crippen LogP contribution in [0.1, 0.15) is 11.1 Å². The van der Waals surface area contributed by atoms with E-state index in [1.165, 1.54) is 12.5 Å². The summed E-state index contributed by atoms with van der Waals surface area (Å²) in [6, 6.07) is 13.5. The quantitative estimate of drug-likeness (QED) is 0.466. The summed E-state index contributed by atoms with van der Waals surface area (Å²) in [7, 11) is 3.34. The van der Waals surface area contributed by atoms with Crippen LogP contribution in [-0.4, -0.2) is 39.7 Å². The molecule has 2 N–H and O–H groups in total. The van der Waals surface area contributed by atoms with E-state index in [1.807, 2.05) is 47.0 Å². The molecule has 156 valence electrons. The highest BCUT2D eigenvalue weighted by molar-refractivity contribution is 6.09. The molecule has 8 heteroatoms. The molecule has 3 heterocycles. The lowest BCUT2D eigenvalue weighted by atomic mass is 10.1. The Bertz CT molecular complexity index is 1240. The van der Waals surface area contributed by atoms with Gasteiger partial charge in [0.2, 0.25) is 5.88 Å². The van der Waals surface area contributed by atoms with E-state index in [4.69, 9.17) is 15.2 Å². The number of hydrogen-bond acceptors (Lipinski definition) is 7. The fourth-order valence-corrected chi connectivity index (χ4v) is 3.14. The van der Waals surface area contributed by atoms with Crippen molar-refractivity contribution in [3.05, 3.63) is 78.5 Å². The summed E-state index contributed by atoms with van der Waals surface area (Å²) < 4.78 is 13.1. The predicted octanol–water partition coefficient (Wildman–Crippen LogP) is 3.38. The Kier molecular flexibility index (Phi) is 5.89. The Balaban J connectivity index is 1.50. The van der Waals surface area contributed by atoms with Crippen molar-refractivity contribution in [3.63, 3.8) is 0 Å². The third kappa shape index (κ3) is 4.37. The van der Waals surface area contributed by atoms with Crippen molar-refractivity contribution in [3.8, 4) is 23.0 Å². The summed E-state index contributed by atoms with van der Waals surface area (Å²) in [6.07, 6.45) is 8.41. The van der Waals surface area contributed by atoms with Gasteiger partial charge in [-0.3, -0.25) is 9.39 Å². The van der Waals surface area contributed by atoms with E-state index < -0.39 is 0 Å². The largest absolute Gasteiger partial charge is 0.497 e. The van der Waals surface area contributed by atoms with E-state index >= 15 is 0 Å². The van der Waals surface area contributed by atoms with Crippen molar-refractivity contribution in [2.24, 2.45) is 10.7 Å². The number of fused-ring (bicyclic) bond motifs is 1. The molecule has 0 atom stereocenters. The number of hydrogen-bond donors (Lipinski definition) is 1. The van der Waals surface area contributed by atoms with Crippen LogP contribution >= 0.6 is 0 Å². The zero-order chi connectivity index (χ0) is 21.6. The number of aliphatic imine (C=N–C) groups is 1. The highest BCUT2D eigenvalue weighted by Gasteiger charge is 2.10. The lowest BCUT2D eigenvalue weighted by Gasteiger charge is -2.08. The van der Waals surface area contributed by atoms with Crippen molar-refractivity contribution in [1.29, 1.82) is 0 Å². The minimum absolute atomic E-state index is 0.380. The molecular weight excluding hydrogens is 392 g/mol. The fourth-order valence-electron chi connectivity index (χ4n) is 3.14. The number of rotatable bonds is 7. The summed E-state index contributed by atoms with van der Waals surface area (Å²) in [4.78, 5) is 17.0. The minimum Gasteiger partial charge on any atom is -0.497 e. The van der Waals surface area contributed by atoms with Crippen molar-refractivity contribution < 1.29 is 9.47 Å². The van der Waals surface area contributed by atoms with Gasteiger partial charge in [-0.05, 0) is 17.2 Å². The monoisotopic (exact) mass is 414 g/mol. The first kappa shape index (κ1) is 20.1. The number of benzene rings is 1. The molecule has 0 radical (unpaired) electrons. The minimum atomic E-state index is 0.380. The summed E-state index contributed by atoms with van der Waals surface area (Å²) >= 11 is 0. The molecular formula is C23H22N6O2. The first-order valence-corrected chi connectivity index (χ1v) is 9.61. The van der Waals surface area contributed by atoms with Crippen LogP contribution in [-0.2, 0) is 6.61 Å². The van der Waals surface area contributed by atoms with Crippen molar-refractivity contribution >= 4 is 17.4 Å².